The van der Waals surface area contributed by atoms with E-state index in [4.69, 9.17) is 10.3 Å². The predicted molar refractivity (Wildman–Crippen MR) is 87.7 cm³/mol. The van der Waals surface area contributed by atoms with Gasteiger partial charge in [0.05, 0.1) is 11.3 Å². The van der Waals surface area contributed by atoms with Gasteiger partial charge in [0.25, 0.3) is 0 Å². The summed E-state index contributed by atoms with van der Waals surface area (Å²) in [5.41, 5.74) is 9.09. The molecule has 2 heterocycles. The molecule has 0 aliphatic heterocycles. The van der Waals surface area contributed by atoms with Gasteiger partial charge in [-0.2, -0.15) is 0 Å². The molecule has 23 heavy (non-hydrogen) atoms. The fraction of sp³-hybridized carbons (Fsp3) is 0.167. The molecule has 3 rings (SSSR count). The highest BCUT2D eigenvalue weighted by Crippen LogP contribution is 2.34. The number of hydrogen-bond acceptors (Lipinski definition) is 4. The van der Waals surface area contributed by atoms with E-state index in [0.717, 1.165) is 35.4 Å². The van der Waals surface area contributed by atoms with Crippen molar-refractivity contribution in [2.24, 2.45) is 5.73 Å². The number of aryl methyl sites for hydroxylation is 1. The molecule has 0 aliphatic rings. The van der Waals surface area contributed by atoms with E-state index in [9.17, 15) is 4.79 Å². The topological polar surface area (TPSA) is 82.0 Å². The molecule has 2 aromatic heterocycles. The van der Waals surface area contributed by atoms with E-state index in [2.05, 4.69) is 17.1 Å². The standard InChI is InChI=1S/C18H17N3O2/c1-2-5-15-16(12-7-9-13(10-8-12)18(19)22)17(21-23-15)14-6-3-4-11-20-14/h3-4,6-11H,2,5H2,1H3,(H2,19,22). The van der Waals surface area contributed by atoms with Crippen LogP contribution in [0, 0.1) is 0 Å². The normalized spacial score (nSPS) is 10.7. The summed E-state index contributed by atoms with van der Waals surface area (Å²) in [6.07, 6.45) is 3.46. The molecular formula is C18H17N3O2. The lowest BCUT2D eigenvalue weighted by molar-refractivity contribution is 0.100. The molecule has 5 heteroatoms. The van der Waals surface area contributed by atoms with Gasteiger partial charge in [0.1, 0.15) is 11.5 Å². The van der Waals surface area contributed by atoms with Crippen LogP contribution in [-0.2, 0) is 6.42 Å². The molecule has 3 aromatic rings. The van der Waals surface area contributed by atoms with Crippen LogP contribution in [0.25, 0.3) is 22.5 Å². The van der Waals surface area contributed by atoms with Crippen molar-refractivity contribution in [1.29, 1.82) is 0 Å². The van der Waals surface area contributed by atoms with Crippen LogP contribution in [0.3, 0.4) is 0 Å². The van der Waals surface area contributed by atoms with E-state index in [1.165, 1.54) is 0 Å². The first-order chi connectivity index (χ1) is 11.2. The number of nitrogens with two attached hydrogens (primary N) is 1. The van der Waals surface area contributed by atoms with E-state index >= 15 is 0 Å². The largest absolute Gasteiger partial charge is 0.366 e. The van der Waals surface area contributed by atoms with Gasteiger partial charge in [-0.05, 0) is 36.2 Å². The Morgan fingerprint density at radius 3 is 2.57 bits per heavy atom. The second-order valence-corrected chi connectivity index (χ2v) is 5.24. The number of nitrogens with zero attached hydrogens (tertiary/aromatic N) is 2. The number of aromatic nitrogens is 2. The van der Waals surface area contributed by atoms with Gasteiger partial charge in [-0.3, -0.25) is 9.78 Å². The second-order valence-electron chi connectivity index (χ2n) is 5.24. The van der Waals surface area contributed by atoms with Gasteiger partial charge in [-0.25, -0.2) is 0 Å². The van der Waals surface area contributed by atoms with Gasteiger partial charge in [-0.15, -0.1) is 0 Å². The first-order valence-electron chi connectivity index (χ1n) is 7.51. The minimum Gasteiger partial charge on any atom is -0.366 e. The minimum absolute atomic E-state index is 0.444. The molecule has 0 saturated carbocycles. The molecule has 0 radical (unpaired) electrons. The van der Waals surface area contributed by atoms with E-state index in [-0.39, 0.29) is 0 Å². The van der Waals surface area contributed by atoms with Gasteiger partial charge in [0.2, 0.25) is 5.91 Å². The zero-order chi connectivity index (χ0) is 16.2. The summed E-state index contributed by atoms with van der Waals surface area (Å²) in [6.45, 7) is 2.09. The second kappa shape index (κ2) is 6.44. The Morgan fingerprint density at radius 1 is 1.17 bits per heavy atom. The summed E-state index contributed by atoms with van der Waals surface area (Å²) in [5.74, 6) is 0.376. The molecule has 0 spiro atoms. The summed E-state index contributed by atoms with van der Waals surface area (Å²) in [4.78, 5) is 15.6. The van der Waals surface area contributed by atoms with Crippen LogP contribution in [0.15, 0.2) is 53.2 Å². The van der Waals surface area contributed by atoms with Crippen LogP contribution in [0.2, 0.25) is 0 Å². The SMILES string of the molecule is CCCc1onc(-c2ccccn2)c1-c1ccc(C(N)=O)cc1. The summed E-state index contributed by atoms with van der Waals surface area (Å²) in [7, 11) is 0. The molecule has 1 amide bonds. The molecule has 0 atom stereocenters. The summed E-state index contributed by atoms with van der Waals surface area (Å²) in [6, 6.07) is 12.8. The van der Waals surface area contributed by atoms with Crippen molar-refractivity contribution in [2.75, 3.05) is 0 Å². The van der Waals surface area contributed by atoms with Crippen molar-refractivity contribution in [3.63, 3.8) is 0 Å². The maximum atomic E-state index is 11.2. The van der Waals surface area contributed by atoms with Gasteiger partial charge >= 0.3 is 0 Å². The molecular weight excluding hydrogens is 290 g/mol. The molecule has 2 N–H and O–H groups in total. The molecule has 0 fully saturated rings. The van der Waals surface area contributed by atoms with Crippen LogP contribution >= 0.6 is 0 Å². The average Bonchev–Trinajstić information content (AvgIpc) is 3.00. The van der Waals surface area contributed by atoms with E-state index in [0.29, 0.717) is 11.3 Å². The number of carbonyl (C=O) groups is 1. The fourth-order valence-corrected chi connectivity index (χ4v) is 2.50. The third-order valence-electron chi connectivity index (χ3n) is 3.61. The van der Waals surface area contributed by atoms with Crippen molar-refractivity contribution in [3.05, 3.63) is 60.0 Å². The number of pyridine rings is 1. The smallest absolute Gasteiger partial charge is 0.248 e. The Morgan fingerprint density at radius 2 is 1.96 bits per heavy atom. The number of hydrogen-bond donors (Lipinski definition) is 1. The minimum atomic E-state index is -0.444. The monoisotopic (exact) mass is 307 g/mol. The molecule has 0 unspecified atom stereocenters. The van der Waals surface area contributed by atoms with Gasteiger partial charge in [0.15, 0.2) is 0 Å². The van der Waals surface area contributed by atoms with Crippen LogP contribution < -0.4 is 5.73 Å². The molecule has 0 bridgehead atoms. The van der Waals surface area contributed by atoms with E-state index in [1.54, 1.807) is 18.3 Å². The highest BCUT2D eigenvalue weighted by Gasteiger charge is 2.19. The molecule has 5 nitrogen and oxygen atoms in total. The maximum absolute atomic E-state index is 11.2. The highest BCUT2D eigenvalue weighted by molar-refractivity contribution is 5.93. The Hall–Kier alpha value is -2.95. The van der Waals surface area contributed by atoms with E-state index < -0.39 is 5.91 Å². The van der Waals surface area contributed by atoms with Crippen molar-refractivity contribution in [1.82, 2.24) is 10.1 Å². The Balaban J connectivity index is 2.12. The zero-order valence-corrected chi connectivity index (χ0v) is 12.8. The van der Waals surface area contributed by atoms with Gasteiger partial charge in [-0.1, -0.05) is 30.3 Å². The van der Waals surface area contributed by atoms with Gasteiger partial charge in [0, 0.05) is 18.2 Å². The number of rotatable bonds is 5. The molecule has 0 aliphatic carbocycles. The zero-order valence-electron chi connectivity index (χ0n) is 12.8. The number of amides is 1. The van der Waals surface area contributed by atoms with Crippen molar-refractivity contribution in [2.45, 2.75) is 19.8 Å². The summed E-state index contributed by atoms with van der Waals surface area (Å²) < 4.78 is 5.54. The Kier molecular flexibility index (Phi) is 4.19. The third kappa shape index (κ3) is 2.99. The van der Waals surface area contributed by atoms with Crippen LogP contribution in [0.4, 0.5) is 0 Å². The lowest BCUT2D eigenvalue weighted by Crippen LogP contribution is -2.10. The number of carbonyl (C=O) groups excluding carboxylic acids is 1. The Labute approximate surface area is 134 Å². The summed E-state index contributed by atoms with van der Waals surface area (Å²) in [5, 5.41) is 4.21. The fourth-order valence-electron chi connectivity index (χ4n) is 2.50. The number of primary amides is 1. The predicted octanol–water partition coefficient (Wildman–Crippen LogP) is 3.46. The first-order valence-corrected chi connectivity index (χ1v) is 7.51. The number of benzene rings is 1. The van der Waals surface area contributed by atoms with Gasteiger partial charge < -0.3 is 10.3 Å². The van der Waals surface area contributed by atoms with Crippen molar-refractivity contribution < 1.29 is 9.32 Å². The van der Waals surface area contributed by atoms with Crippen LogP contribution in [-0.4, -0.2) is 16.0 Å². The van der Waals surface area contributed by atoms with Crippen molar-refractivity contribution in [3.8, 4) is 22.5 Å². The average molecular weight is 307 g/mol. The van der Waals surface area contributed by atoms with E-state index in [1.807, 2.05) is 30.3 Å². The Bertz CT molecular complexity index is 808. The molecule has 0 saturated heterocycles. The first kappa shape index (κ1) is 15.0. The lowest BCUT2D eigenvalue weighted by Gasteiger charge is -2.05. The quantitative estimate of drug-likeness (QED) is 0.782. The lowest BCUT2D eigenvalue weighted by atomic mass is 9.98. The molecule has 116 valence electrons. The van der Waals surface area contributed by atoms with Crippen LogP contribution in [0.5, 0.6) is 0 Å². The summed E-state index contributed by atoms with van der Waals surface area (Å²) >= 11 is 0. The van der Waals surface area contributed by atoms with Crippen molar-refractivity contribution >= 4 is 5.91 Å². The molecule has 1 aromatic carbocycles. The van der Waals surface area contributed by atoms with Crippen LogP contribution in [0.1, 0.15) is 29.5 Å². The highest BCUT2D eigenvalue weighted by atomic mass is 16.5. The maximum Gasteiger partial charge on any atom is 0.248 e. The third-order valence-corrected chi connectivity index (χ3v) is 3.61.